The van der Waals surface area contributed by atoms with E-state index < -0.39 is 11.9 Å². The standard InChI is InChI=1S/C31H20BrClN4O4/c1-40-22-8-4-6-18(15-22)31(39)41-26-13-12-21(32)14-20(26)17-35-37-30(38)29-27(23-9-2-3-11-25(23)33)24-10-5-7-19(16-34)28(24)36-29/h2-15,17,36H,1H3,(H,37,38). The van der Waals surface area contributed by atoms with Gasteiger partial charge in [0, 0.05) is 31.6 Å². The molecule has 0 atom stereocenters. The van der Waals surface area contributed by atoms with E-state index in [0.29, 0.717) is 54.0 Å². The van der Waals surface area contributed by atoms with Gasteiger partial charge in [-0.2, -0.15) is 10.4 Å². The molecule has 8 nitrogen and oxygen atoms in total. The lowest BCUT2D eigenvalue weighted by molar-refractivity contribution is 0.0733. The van der Waals surface area contributed by atoms with Crippen molar-refractivity contribution in [2.24, 2.45) is 5.10 Å². The number of hydrogen-bond acceptors (Lipinski definition) is 6. The molecule has 10 heteroatoms. The molecule has 0 aliphatic heterocycles. The Balaban J connectivity index is 1.44. The SMILES string of the molecule is COc1cccc(C(=O)Oc2ccc(Br)cc2C=NNC(=O)c2[nH]c3c(C#N)cccc3c2-c2ccccc2Cl)c1. The molecule has 0 unspecified atom stereocenters. The average molecular weight is 628 g/mol. The van der Waals surface area contributed by atoms with Crippen LogP contribution in [0, 0.1) is 11.3 Å². The maximum Gasteiger partial charge on any atom is 0.343 e. The monoisotopic (exact) mass is 626 g/mol. The number of carbonyl (C=O) groups is 2. The quantitative estimate of drug-likeness (QED) is 0.0863. The Morgan fingerprint density at radius 2 is 1.85 bits per heavy atom. The van der Waals surface area contributed by atoms with Crippen molar-refractivity contribution in [2.75, 3.05) is 7.11 Å². The molecule has 2 N–H and O–H groups in total. The van der Waals surface area contributed by atoms with Gasteiger partial charge in [0.15, 0.2) is 0 Å². The van der Waals surface area contributed by atoms with E-state index in [9.17, 15) is 14.9 Å². The third kappa shape index (κ3) is 5.84. The van der Waals surface area contributed by atoms with Gasteiger partial charge in [-0.05, 0) is 48.5 Å². The van der Waals surface area contributed by atoms with E-state index in [1.54, 1.807) is 72.8 Å². The van der Waals surface area contributed by atoms with Crippen molar-refractivity contribution in [1.82, 2.24) is 10.4 Å². The van der Waals surface area contributed by atoms with E-state index in [1.165, 1.54) is 13.3 Å². The molecule has 41 heavy (non-hydrogen) atoms. The smallest absolute Gasteiger partial charge is 0.343 e. The summed E-state index contributed by atoms with van der Waals surface area (Å²) < 4.78 is 11.5. The second-order valence-electron chi connectivity index (χ2n) is 8.70. The lowest BCUT2D eigenvalue weighted by Gasteiger charge is -2.09. The van der Waals surface area contributed by atoms with Crippen LogP contribution in [0.25, 0.3) is 22.0 Å². The summed E-state index contributed by atoms with van der Waals surface area (Å²) in [6, 6.07) is 26.1. The van der Waals surface area contributed by atoms with E-state index in [0.717, 1.165) is 0 Å². The minimum absolute atomic E-state index is 0.187. The Labute approximate surface area is 248 Å². The van der Waals surface area contributed by atoms with Gasteiger partial charge in [0.2, 0.25) is 0 Å². The lowest BCUT2D eigenvalue weighted by Crippen LogP contribution is -2.19. The third-order valence-electron chi connectivity index (χ3n) is 6.17. The van der Waals surface area contributed by atoms with E-state index in [4.69, 9.17) is 21.1 Å². The Morgan fingerprint density at radius 3 is 2.63 bits per heavy atom. The molecule has 202 valence electrons. The summed E-state index contributed by atoms with van der Waals surface area (Å²) in [5.41, 5.74) is 5.53. The number of halogens is 2. The number of amides is 1. The van der Waals surface area contributed by atoms with Crippen LogP contribution < -0.4 is 14.9 Å². The number of ether oxygens (including phenoxy) is 2. The molecule has 0 fully saturated rings. The van der Waals surface area contributed by atoms with Crippen LogP contribution in [-0.4, -0.2) is 30.2 Å². The van der Waals surface area contributed by atoms with Gasteiger partial charge in [0.25, 0.3) is 5.91 Å². The minimum Gasteiger partial charge on any atom is -0.497 e. The van der Waals surface area contributed by atoms with Crippen molar-refractivity contribution in [2.45, 2.75) is 0 Å². The van der Waals surface area contributed by atoms with Gasteiger partial charge >= 0.3 is 5.97 Å². The fourth-order valence-corrected chi connectivity index (χ4v) is 4.87. The van der Waals surface area contributed by atoms with Crippen LogP contribution in [0.15, 0.2) is 94.5 Å². The molecule has 0 aliphatic rings. The van der Waals surface area contributed by atoms with Crippen LogP contribution in [-0.2, 0) is 0 Å². The van der Waals surface area contributed by atoms with E-state index in [-0.39, 0.29) is 11.4 Å². The van der Waals surface area contributed by atoms with Gasteiger partial charge in [-0.15, -0.1) is 0 Å². The van der Waals surface area contributed by atoms with Crippen LogP contribution in [0.3, 0.4) is 0 Å². The molecule has 0 radical (unpaired) electrons. The number of esters is 1. The molecular formula is C31H20BrClN4O4. The number of rotatable bonds is 7. The zero-order valence-corrected chi connectivity index (χ0v) is 23.8. The number of hydrogen-bond donors (Lipinski definition) is 2. The number of fused-ring (bicyclic) bond motifs is 1. The van der Waals surface area contributed by atoms with Gasteiger partial charge in [-0.3, -0.25) is 4.79 Å². The van der Waals surface area contributed by atoms with Crippen LogP contribution >= 0.6 is 27.5 Å². The number of aromatic nitrogens is 1. The molecule has 5 aromatic rings. The highest BCUT2D eigenvalue weighted by Crippen LogP contribution is 2.37. The number of benzene rings is 4. The molecule has 5 rings (SSSR count). The fourth-order valence-electron chi connectivity index (χ4n) is 4.26. The van der Waals surface area contributed by atoms with Crippen LogP contribution in [0.1, 0.15) is 32.0 Å². The first-order valence-corrected chi connectivity index (χ1v) is 13.4. The Bertz CT molecular complexity index is 1880. The summed E-state index contributed by atoms with van der Waals surface area (Å²) in [4.78, 5) is 29.3. The van der Waals surface area contributed by atoms with Crippen molar-refractivity contribution < 1.29 is 19.1 Å². The highest BCUT2D eigenvalue weighted by atomic mass is 79.9. The second-order valence-corrected chi connectivity index (χ2v) is 10.0. The van der Waals surface area contributed by atoms with Gasteiger partial charge < -0.3 is 14.5 Å². The van der Waals surface area contributed by atoms with Crippen molar-refractivity contribution in [3.8, 4) is 28.7 Å². The summed E-state index contributed by atoms with van der Waals surface area (Å²) in [6.07, 6.45) is 1.37. The van der Waals surface area contributed by atoms with Gasteiger partial charge in [-0.1, -0.05) is 63.9 Å². The molecular weight excluding hydrogens is 608 g/mol. The molecule has 0 bridgehead atoms. The molecule has 0 aliphatic carbocycles. The van der Waals surface area contributed by atoms with Crippen LogP contribution in [0.2, 0.25) is 5.02 Å². The summed E-state index contributed by atoms with van der Waals surface area (Å²) >= 11 is 9.90. The number of nitrogens with one attached hydrogen (secondary N) is 2. The molecule has 4 aromatic carbocycles. The van der Waals surface area contributed by atoms with Crippen LogP contribution in [0.5, 0.6) is 11.5 Å². The summed E-state index contributed by atoms with van der Waals surface area (Å²) in [5.74, 6) is -0.378. The highest BCUT2D eigenvalue weighted by molar-refractivity contribution is 9.10. The molecule has 1 amide bonds. The van der Waals surface area contributed by atoms with E-state index in [1.807, 2.05) is 12.1 Å². The second kappa shape index (κ2) is 12.1. The Morgan fingerprint density at radius 1 is 1.05 bits per heavy atom. The first-order valence-electron chi connectivity index (χ1n) is 12.2. The number of para-hydroxylation sites is 1. The van der Waals surface area contributed by atoms with Crippen molar-refractivity contribution in [3.63, 3.8) is 0 Å². The minimum atomic E-state index is -0.583. The number of aromatic amines is 1. The first kappa shape index (κ1) is 27.6. The van der Waals surface area contributed by atoms with Crippen LogP contribution in [0.4, 0.5) is 0 Å². The zero-order chi connectivity index (χ0) is 28.9. The molecule has 0 saturated heterocycles. The Hall–Kier alpha value is -4.91. The number of carbonyl (C=O) groups excluding carboxylic acids is 2. The number of nitrogens with zero attached hydrogens (tertiary/aromatic N) is 2. The number of H-pyrrole nitrogens is 1. The third-order valence-corrected chi connectivity index (χ3v) is 7.00. The predicted octanol–water partition coefficient (Wildman–Crippen LogP) is 7.11. The van der Waals surface area contributed by atoms with E-state index >= 15 is 0 Å². The zero-order valence-electron chi connectivity index (χ0n) is 21.4. The molecule has 1 aromatic heterocycles. The summed E-state index contributed by atoms with van der Waals surface area (Å²) in [7, 11) is 1.51. The first-order chi connectivity index (χ1) is 19.9. The molecule has 1 heterocycles. The average Bonchev–Trinajstić information content (AvgIpc) is 3.38. The van der Waals surface area contributed by atoms with Gasteiger partial charge in [0.05, 0.1) is 30.0 Å². The maximum atomic E-state index is 13.4. The highest BCUT2D eigenvalue weighted by Gasteiger charge is 2.22. The van der Waals surface area contributed by atoms with E-state index in [2.05, 4.69) is 37.5 Å². The summed E-state index contributed by atoms with van der Waals surface area (Å²) in [5, 5.41) is 14.9. The maximum absolute atomic E-state index is 13.4. The lowest BCUT2D eigenvalue weighted by atomic mass is 10.0. The van der Waals surface area contributed by atoms with Crippen molar-refractivity contribution in [1.29, 1.82) is 5.26 Å². The Kier molecular flexibility index (Phi) is 8.15. The number of methoxy groups -OCH3 is 1. The van der Waals surface area contributed by atoms with Crippen molar-refractivity contribution >= 4 is 56.5 Å². The molecule has 0 spiro atoms. The topological polar surface area (TPSA) is 117 Å². The van der Waals surface area contributed by atoms with Gasteiger partial charge in [-0.25, -0.2) is 10.2 Å². The predicted molar refractivity (Wildman–Crippen MR) is 161 cm³/mol. The summed E-state index contributed by atoms with van der Waals surface area (Å²) in [6.45, 7) is 0. The number of hydrazone groups is 1. The molecule has 0 saturated carbocycles. The van der Waals surface area contributed by atoms with Gasteiger partial charge in [0.1, 0.15) is 23.3 Å². The number of nitriles is 1. The largest absolute Gasteiger partial charge is 0.497 e. The fraction of sp³-hybridized carbons (Fsp3) is 0.0323. The van der Waals surface area contributed by atoms with Crippen molar-refractivity contribution in [3.05, 3.63) is 117 Å². The normalized spacial score (nSPS) is 10.9.